The van der Waals surface area contributed by atoms with Gasteiger partial charge in [-0.15, -0.1) is 12.4 Å². The normalized spacial score (nSPS) is 26.5. The highest BCUT2D eigenvalue weighted by molar-refractivity contribution is 5.85. The Kier molecular flexibility index (Phi) is 6.44. The molecule has 2 aliphatic heterocycles. The molecule has 1 aromatic rings. The van der Waals surface area contributed by atoms with E-state index in [9.17, 15) is 4.79 Å². The number of carbonyl (C=O) groups is 1. The maximum absolute atomic E-state index is 12.7. The number of ether oxygens (including phenoxy) is 1. The van der Waals surface area contributed by atoms with E-state index in [0.717, 1.165) is 44.7 Å². The van der Waals surface area contributed by atoms with E-state index in [1.807, 2.05) is 19.4 Å². The number of aromatic nitrogens is 2. The van der Waals surface area contributed by atoms with Gasteiger partial charge in [-0.05, 0) is 31.2 Å². The van der Waals surface area contributed by atoms with Crippen molar-refractivity contribution in [2.45, 2.75) is 31.7 Å². The molecule has 3 atom stereocenters. The van der Waals surface area contributed by atoms with E-state index < -0.39 is 0 Å². The average Bonchev–Trinajstić information content (AvgIpc) is 3.16. The average molecular weight is 343 g/mol. The van der Waals surface area contributed by atoms with Gasteiger partial charge < -0.3 is 15.4 Å². The molecule has 2 N–H and O–H groups in total. The highest BCUT2D eigenvalue weighted by Crippen LogP contribution is 2.28. The summed E-state index contributed by atoms with van der Waals surface area (Å²) in [6.45, 7) is 5.33. The fraction of sp³-hybridized carbons (Fsp3) is 0.750. The van der Waals surface area contributed by atoms with Crippen LogP contribution in [0.25, 0.3) is 0 Å². The molecular formula is C16H27ClN4O2. The highest BCUT2D eigenvalue weighted by atomic mass is 35.5. The van der Waals surface area contributed by atoms with Crippen molar-refractivity contribution < 1.29 is 9.53 Å². The Labute approximate surface area is 143 Å². The molecule has 3 rings (SSSR count). The molecule has 0 aromatic carbocycles. The molecule has 2 fully saturated rings. The first-order valence-corrected chi connectivity index (χ1v) is 8.22. The van der Waals surface area contributed by atoms with Crippen molar-refractivity contribution in [3.05, 3.63) is 18.0 Å². The van der Waals surface area contributed by atoms with Gasteiger partial charge in [-0.2, -0.15) is 5.10 Å². The highest BCUT2D eigenvalue weighted by Gasteiger charge is 2.35. The molecule has 130 valence electrons. The van der Waals surface area contributed by atoms with Gasteiger partial charge in [0.15, 0.2) is 0 Å². The van der Waals surface area contributed by atoms with Gasteiger partial charge >= 0.3 is 0 Å². The lowest BCUT2D eigenvalue weighted by atomic mass is 9.88. The van der Waals surface area contributed by atoms with Crippen LogP contribution in [0.1, 0.15) is 31.2 Å². The number of aryl methyl sites for hydroxylation is 1. The van der Waals surface area contributed by atoms with Crippen LogP contribution in [0.4, 0.5) is 0 Å². The summed E-state index contributed by atoms with van der Waals surface area (Å²) >= 11 is 0. The molecule has 0 aliphatic carbocycles. The molecule has 0 spiro atoms. The molecule has 23 heavy (non-hydrogen) atoms. The lowest BCUT2D eigenvalue weighted by Gasteiger charge is -2.29. The van der Waals surface area contributed by atoms with Gasteiger partial charge in [0.2, 0.25) is 5.91 Å². The molecule has 1 amide bonds. The minimum absolute atomic E-state index is 0. The molecule has 0 saturated carbocycles. The van der Waals surface area contributed by atoms with E-state index in [1.165, 1.54) is 0 Å². The van der Waals surface area contributed by atoms with Crippen LogP contribution in [0, 0.1) is 11.8 Å². The van der Waals surface area contributed by atoms with Crippen LogP contribution in [0.3, 0.4) is 0 Å². The van der Waals surface area contributed by atoms with Gasteiger partial charge in [-0.25, -0.2) is 0 Å². The summed E-state index contributed by atoms with van der Waals surface area (Å²) in [6, 6.07) is 0.214. The van der Waals surface area contributed by atoms with Crippen molar-refractivity contribution in [2.75, 3.05) is 26.3 Å². The summed E-state index contributed by atoms with van der Waals surface area (Å²) in [7, 11) is 1.91. The predicted octanol–water partition coefficient (Wildman–Crippen LogP) is 1.08. The first-order valence-electron chi connectivity index (χ1n) is 8.22. The fourth-order valence-corrected chi connectivity index (χ4v) is 3.60. The van der Waals surface area contributed by atoms with E-state index in [4.69, 9.17) is 4.74 Å². The first-order chi connectivity index (χ1) is 10.6. The largest absolute Gasteiger partial charge is 0.381 e. The molecule has 0 radical (unpaired) electrons. The Bertz CT molecular complexity index is 516. The second-order valence-corrected chi connectivity index (χ2v) is 6.57. The van der Waals surface area contributed by atoms with Crippen LogP contribution in [0.15, 0.2) is 12.4 Å². The molecule has 2 saturated heterocycles. The van der Waals surface area contributed by atoms with Crippen LogP contribution >= 0.6 is 12.4 Å². The topological polar surface area (TPSA) is 68.2 Å². The number of hydrogen-bond donors (Lipinski definition) is 2. The van der Waals surface area contributed by atoms with Crippen molar-refractivity contribution in [2.24, 2.45) is 18.9 Å². The minimum Gasteiger partial charge on any atom is -0.381 e. The molecule has 1 aromatic heterocycles. The molecule has 3 heterocycles. The molecule has 0 bridgehead atoms. The van der Waals surface area contributed by atoms with Crippen molar-refractivity contribution in [3.63, 3.8) is 0 Å². The lowest BCUT2D eigenvalue weighted by molar-refractivity contribution is -0.126. The first kappa shape index (κ1) is 18.2. The summed E-state index contributed by atoms with van der Waals surface area (Å²) in [5.74, 6) is 0.906. The summed E-state index contributed by atoms with van der Waals surface area (Å²) in [4.78, 5) is 12.7. The molecule has 1 unspecified atom stereocenters. The van der Waals surface area contributed by atoms with E-state index in [2.05, 4.69) is 22.7 Å². The maximum Gasteiger partial charge on any atom is 0.225 e. The van der Waals surface area contributed by atoms with Crippen LogP contribution in [0.5, 0.6) is 0 Å². The Morgan fingerprint density at radius 2 is 2.17 bits per heavy atom. The predicted molar refractivity (Wildman–Crippen MR) is 90.7 cm³/mol. The molecule has 6 nitrogen and oxygen atoms in total. The summed E-state index contributed by atoms with van der Waals surface area (Å²) < 4.78 is 7.20. The minimum atomic E-state index is -0.00788. The standard InChI is InChI=1S/C16H26N4O2.ClH/c1-11(12-3-5-22-6-4-12)19-16(21)15-9-17-8-14(15)13-7-18-20(2)10-13;/h7,10-12,14-15,17H,3-6,8-9H2,1-2H3,(H,19,21);1H/t11?,14-,15+;/m1./s1. The number of rotatable bonds is 4. The van der Waals surface area contributed by atoms with Crippen molar-refractivity contribution in [1.82, 2.24) is 20.4 Å². The summed E-state index contributed by atoms with van der Waals surface area (Å²) in [5.41, 5.74) is 1.14. The van der Waals surface area contributed by atoms with Gasteiger partial charge in [0.25, 0.3) is 0 Å². The van der Waals surface area contributed by atoms with Crippen LogP contribution in [-0.4, -0.2) is 48.0 Å². The smallest absolute Gasteiger partial charge is 0.225 e. The van der Waals surface area contributed by atoms with Crippen molar-refractivity contribution in [3.8, 4) is 0 Å². The Hall–Kier alpha value is -1.11. The van der Waals surface area contributed by atoms with Gasteiger partial charge in [0, 0.05) is 51.5 Å². The third-order valence-electron chi connectivity index (χ3n) is 5.05. The van der Waals surface area contributed by atoms with E-state index in [1.54, 1.807) is 4.68 Å². The van der Waals surface area contributed by atoms with Gasteiger partial charge in [-0.1, -0.05) is 0 Å². The van der Waals surface area contributed by atoms with Crippen molar-refractivity contribution >= 4 is 18.3 Å². The van der Waals surface area contributed by atoms with Gasteiger partial charge in [-0.3, -0.25) is 9.48 Å². The SMILES string of the molecule is CC(NC(=O)[C@H]1CNC[C@@H]1c1cnn(C)c1)C1CCOCC1.Cl. The third kappa shape index (κ3) is 4.25. The Morgan fingerprint density at radius 3 is 2.83 bits per heavy atom. The van der Waals surface area contributed by atoms with Crippen molar-refractivity contribution in [1.29, 1.82) is 0 Å². The van der Waals surface area contributed by atoms with Gasteiger partial charge in [0.05, 0.1) is 12.1 Å². The third-order valence-corrected chi connectivity index (χ3v) is 5.05. The fourth-order valence-electron chi connectivity index (χ4n) is 3.60. The number of nitrogens with zero attached hydrogens (tertiary/aromatic N) is 2. The number of amides is 1. The van der Waals surface area contributed by atoms with E-state index >= 15 is 0 Å². The monoisotopic (exact) mass is 342 g/mol. The molecular weight excluding hydrogens is 316 g/mol. The Morgan fingerprint density at radius 1 is 1.43 bits per heavy atom. The second-order valence-electron chi connectivity index (χ2n) is 6.57. The van der Waals surface area contributed by atoms with Crippen LogP contribution in [-0.2, 0) is 16.6 Å². The molecule has 7 heteroatoms. The number of hydrogen-bond acceptors (Lipinski definition) is 4. The van der Waals surface area contributed by atoms with Gasteiger partial charge in [0.1, 0.15) is 0 Å². The molecule has 2 aliphatic rings. The zero-order valence-electron chi connectivity index (χ0n) is 13.8. The number of halogens is 1. The lowest BCUT2D eigenvalue weighted by Crippen LogP contribution is -2.44. The Balaban J connectivity index is 0.00000192. The summed E-state index contributed by atoms with van der Waals surface area (Å²) in [5, 5.41) is 10.8. The second kappa shape index (κ2) is 8.13. The summed E-state index contributed by atoms with van der Waals surface area (Å²) in [6.07, 6.45) is 5.96. The van der Waals surface area contributed by atoms with E-state index in [0.29, 0.717) is 5.92 Å². The zero-order chi connectivity index (χ0) is 15.5. The maximum atomic E-state index is 12.7. The number of carbonyl (C=O) groups excluding carboxylic acids is 1. The number of nitrogens with one attached hydrogen (secondary N) is 2. The van der Waals surface area contributed by atoms with E-state index in [-0.39, 0.29) is 36.2 Å². The van der Waals surface area contributed by atoms with Crippen LogP contribution in [0.2, 0.25) is 0 Å². The quantitative estimate of drug-likeness (QED) is 0.859. The van der Waals surface area contributed by atoms with Crippen LogP contribution < -0.4 is 10.6 Å². The zero-order valence-corrected chi connectivity index (χ0v) is 14.6.